The molecule has 0 aromatic carbocycles. The van der Waals surface area contributed by atoms with E-state index in [-0.39, 0.29) is 10.5 Å². The van der Waals surface area contributed by atoms with Gasteiger partial charge < -0.3 is 9.59 Å². The molecule has 0 spiro atoms. The van der Waals surface area contributed by atoms with Crippen molar-refractivity contribution in [3.8, 4) is 0 Å². The zero-order valence-corrected chi connectivity index (χ0v) is 10.7. The Balaban J connectivity index is 4.00. The van der Waals surface area contributed by atoms with Crippen LogP contribution >= 0.6 is 21.6 Å². The third kappa shape index (κ3) is 5.05. The smallest absolute Gasteiger partial charge is 0.134 e. The molecule has 0 radical (unpaired) electrons. The van der Waals surface area contributed by atoms with Gasteiger partial charge in [0, 0.05) is 0 Å². The minimum atomic E-state index is -0.0128. The zero-order valence-electron chi connectivity index (χ0n) is 9.10. The van der Waals surface area contributed by atoms with Gasteiger partial charge in [0.2, 0.25) is 0 Å². The lowest BCUT2D eigenvalue weighted by molar-refractivity contribution is -0.108. The quantitative estimate of drug-likeness (QED) is 0.501. The molecule has 0 aliphatic rings. The van der Waals surface area contributed by atoms with E-state index in [0.717, 1.165) is 12.6 Å². The highest BCUT2D eigenvalue weighted by molar-refractivity contribution is 8.77. The van der Waals surface area contributed by atoms with Crippen molar-refractivity contribution in [2.75, 3.05) is 0 Å². The molecule has 14 heavy (non-hydrogen) atoms. The predicted octanol–water partition coefficient (Wildman–Crippen LogP) is 2.81. The molecule has 0 saturated heterocycles. The summed E-state index contributed by atoms with van der Waals surface area (Å²) in [5, 5.41) is -0.0256. The SMILES string of the molecule is CC(C)C(C=O)SSC(C=O)C(C)C. The number of carbonyl (C=O) groups is 2. The lowest BCUT2D eigenvalue weighted by atomic mass is 10.1. The maximum atomic E-state index is 10.7. The first-order valence-electron chi connectivity index (χ1n) is 4.75. The Kier molecular flexibility index (Phi) is 7.37. The number of aldehydes is 2. The van der Waals surface area contributed by atoms with Crippen LogP contribution in [0, 0.1) is 11.8 Å². The third-order valence-corrected chi connectivity index (χ3v) is 5.39. The number of hydrogen-bond acceptors (Lipinski definition) is 4. The second kappa shape index (κ2) is 7.35. The summed E-state index contributed by atoms with van der Waals surface area (Å²) < 4.78 is 0. The maximum absolute atomic E-state index is 10.7. The van der Waals surface area contributed by atoms with Gasteiger partial charge in [0.05, 0.1) is 10.5 Å². The van der Waals surface area contributed by atoms with Crippen LogP contribution in [0.4, 0.5) is 0 Å². The van der Waals surface area contributed by atoms with Crippen LogP contribution in [0.3, 0.4) is 0 Å². The molecule has 0 fully saturated rings. The van der Waals surface area contributed by atoms with Crippen molar-refractivity contribution in [3.63, 3.8) is 0 Å². The summed E-state index contributed by atoms with van der Waals surface area (Å²) in [6.07, 6.45) is 1.93. The Hall–Kier alpha value is 0.0400. The van der Waals surface area contributed by atoms with Crippen LogP contribution < -0.4 is 0 Å². The lowest BCUT2D eigenvalue weighted by Crippen LogP contribution is -2.15. The molecule has 0 aromatic heterocycles. The maximum Gasteiger partial charge on any atom is 0.134 e. The first-order valence-corrected chi connectivity index (χ1v) is 7.03. The minimum absolute atomic E-state index is 0.0128. The number of carbonyl (C=O) groups excluding carboxylic acids is 2. The molecule has 2 nitrogen and oxygen atoms in total. The van der Waals surface area contributed by atoms with Gasteiger partial charge in [-0.05, 0) is 11.8 Å². The normalized spacial score (nSPS) is 15.6. The summed E-state index contributed by atoms with van der Waals surface area (Å²) in [4.78, 5) is 21.4. The van der Waals surface area contributed by atoms with Crippen LogP contribution in [0.5, 0.6) is 0 Å². The fourth-order valence-corrected chi connectivity index (χ4v) is 3.88. The highest BCUT2D eigenvalue weighted by atomic mass is 33.1. The molecule has 0 aliphatic carbocycles. The molecule has 0 aliphatic heterocycles. The van der Waals surface area contributed by atoms with E-state index in [4.69, 9.17) is 0 Å². The third-order valence-electron chi connectivity index (χ3n) is 1.86. The monoisotopic (exact) mass is 234 g/mol. The second-order valence-corrected chi connectivity index (χ2v) is 6.51. The number of rotatable bonds is 7. The Morgan fingerprint density at radius 1 is 0.786 bits per heavy atom. The van der Waals surface area contributed by atoms with Crippen molar-refractivity contribution in [2.24, 2.45) is 11.8 Å². The van der Waals surface area contributed by atoms with Crippen molar-refractivity contribution < 1.29 is 9.59 Å². The summed E-state index contributed by atoms with van der Waals surface area (Å²) >= 11 is 0. The van der Waals surface area contributed by atoms with Crippen LogP contribution in [-0.2, 0) is 9.59 Å². The van der Waals surface area contributed by atoms with Gasteiger partial charge in [-0.3, -0.25) is 0 Å². The average molecular weight is 234 g/mol. The van der Waals surface area contributed by atoms with Crippen LogP contribution in [0.25, 0.3) is 0 Å². The van der Waals surface area contributed by atoms with Crippen LogP contribution in [0.1, 0.15) is 27.7 Å². The van der Waals surface area contributed by atoms with E-state index < -0.39 is 0 Å². The van der Waals surface area contributed by atoms with E-state index >= 15 is 0 Å². The van der Waals surface area contributed by atoms with Gasteiger partial charge in [0.1, 0.15) is 12.6 Å². The summed E-state index contributed by atoms with van der Waals surface area (Å²) in [5.41, 5.74) is 0. The largest absolute Gasteiger partial charge is 0.302 e. The molecule has 4 heteroatoms. The standard InChI is InChI=1S/C10H18O2S2/c1-7(2)9(5-11)13-14-10(6-12)8(3)4/h5-10H,1-4H3. The van der Waals surface area contributed by atoms with Gasteiger partial charge in [0.15, 0.2) is 0 Å². The molecule has 2 unspecified atom stereocenters. The Morgan fingerprint density at radius 2 is 1.07 bits per heavy atom. The van der Waals surface area contributed by atoms with E-state index in [1.807, 2.05) is 27.7 Å². The van der Waals surface area contributed by atoms with Crippen LogP contribution in [0.15, 0.2) is 0 Å². The molecule has 0 rings (SSSR count). The Bertz CT molecular complexity index is 161. The topological polar surface area (TPSA) is 34.1 Å². The van der Waals surface area contributed by atoms with Crippen LogP contribution in [0.2, 0.25) is 0 Å². The van der Waals surface area contributed by atoms with Crippen molar-refractivity contribution in [1.29, 1.82) is 0 Å². The molecular weight excluding hydrogens is 216 g/mol. The molecule has 0 saturated carbocycles. The van der Waals surface area contributed by atoms with E-state index in [1.54, 1.807) is 0 Å². The molecule has 0 aromatic rings. The summed E-state index contributed by atoms with van der Waals surface area (Å²) in [7, 11) is 3.02. The van der Waals surface area contributed by atoms with Crippen molar-refractivity contribution in [1.82, 2.24) is 0 Å². The fraction of sp³-hybridized carbons (Fsp3) is 0.800. The van der Waals surface area contributed by atoms with E-state index in [0.29, 0.717) is 11.8 Å². The number of hydrogen-bond donors (Lipinski definition) is 0. The Morgan fingerprint density at radius 3 is 1.21 bits per heavy atom. The highest BCUT2D eigenvalue weighted by Gasteiger charge is 2.18. The van der Waals surface area contributed by atoms with Gasteiger partial charge >= 0.3 is 0 Å². The first-order chi connectivity index (χ1) is 6.52. The van der Waals surface area contributed by atoms with Crippen LogP contribution in [-0.4, -0.2) is 23.1 Å². The Labute approximate surface area is 94.0 Å². The fourth-order valence-electron chi connectivity index (χ4n) is 0.710. The summed E-state index contributed by atoms with van der Waals surface area (Å²) in [6, 6.07) is 0. The molecule has 0 amide bonds. The van der Waals surface area contributed by atoms with E-state index in [1.165, 1.54) is 21.6 Å². The molecule has 2 atom stereocenters. The first kappa shape index (κ1) is 14.0. The van der Waals surface area contributed by atoms with Gasteiger partial charge in [0.25, 0.3) is 0 Å². The van der Waals surface area contributed by atoms with Crippen molar-refractivity contribution in [3.05, 3.63) is 0 Å². The molecule has 0 N–H and O–H groups in total. The molecular formula is C10H18O2S2. The van der Waals surface area contributed by atoms with Gasteiger partial charge in [-0.25, -0.2) is 0 Å². The van der Waals surface area contributed by atoms with Gasteiger partial charge in [-0.1, -0.05) is 49.3 Å². The second-order valence-electron chi connectivity index (χ2n) is 3.88. The van der Waals surface area contributed by atoms with E-state index in [2.05, 4.69) is 0 Å². The van der Waals surface area contributed by atoms with Gasteiger partial charge in [-0.15, -0.1) is 0 Å². The summed E-state index contributed by atoms with van der Waals surface area (Å²) in [6.45, 7) is 8.05. The average Bonchev–Trinajstić information content (AvgIpc) is 2.11. The highest BCUT2D eigenvalue weighted by Crippen LogP contribution is 2.35. The van der Waals surface area contributed by atoms with Crippen molar-refractivity contribution in [2.45, 2.75) is 38.2 Å². The molecule has 0 heterocycles. The summed E-state index contributed by atoms with van der Waals surface area (Å²) in [5.74, 6) is 0.647. The van der Waals surface area contributed by atoms with E-state index in [9.17, 15) is 9.59 Å². The minimum Gasteiger partial charge on any atom is -0.302 e. The van der Waals surface area contributed by atoms with Gasteiger partial charge in [-0.2, -0.15) is 0 Å². The lowest BCUT2D eigenvalue weighted by Gasteiger charge is -2.17. The predicted molar refractivity (Wildman–Crippen MR) is 64.6 cm³/mol. The zero-order chi connectivity index (χ0) is 11.1. The van der Waals surface area contributed by atoms with Crippen molar-refractivity contribution >= 4 is 34.2 Å². The molecule has 0 bridgehead atoms. The molecule has 82 valence electrons.